The Morgan fingerprint density at radius 2 is 2.20 bits per heavy atom. The van der Waals surface area contributed by atoms with E-state index in [0.717, 1.165) is 6.54 Å². The number of hydrogen-bond acceptors (Lipinski definition) is 6. The van der Waals surface area contributed by atoms with Gasteiger partial charge in [0.15, 0.2) is 0 Å². The molecule has 0 radical (unpaired) electrons. The molecule has 0 amide bonds. The van der Waals surface area contributed by atoms with E-state index in [4.69, 9.17) is 5.73 Å². The Labute approximate surface area is 126 Å². The first-order valence-electron chi connectivity index (χ1n) is 6.21. The van der Waals surface area contributed by atoms with Gasteiger partial charge in [0.2, 0.25) is 0 Å². The molecule has 1 unspecified atom stereocenters. The largest absolute Gasteiger partial charge is 0.383 e. The van der Waals surface area contributed by atoms with Gasteiger partial charge < -0.3 is 16.0 Å². The highest BCUT2D eigenvalue weighted by atomic mass is 79.9. The smallest absolute Gasteiger partial charge is 0.254 e. The van der Waals surface area contributed by atoms with Gasteiger partial charge in [0.05, 0.1) is 0 Å². The number of nitrogen functional groups attached to an aromatic ring is 1. The Morgan fingerprint density at radius 3 is 2.80 bits per heavy atom. The van der Waals surface area contributed by atoms with Gasteiger partial charge in [0.25, 0.3) is 5.95 Å². The van der Waals surface area contributed by atoms with Crippen molar-refractivity contribution < 1.29 is 0 Å². The summed E-state index contributed by atoms with van der Waals surface area (Å²) in [5.41, 5.74) is 5.92. The van der Waals surface area contributed by atoms with Crippen LogP contribution >= 0.6 is 15.9 Å². The van der Waals surface area contributed by atoms with Crippen molar-refractivity contribution in [3.63, 3.8) is 0 Å². The maximum absolute atomic E-state index is 5.92. The fraction of sp³-hybridized carbons (Fsp3) is 0.417. The van der Waals surface area contributed by atoms with Crippen LogP contribution in [-0.4, -0.2) is 51.3 Å². The van der Waals surface area contributed by atoms with Gasteiger partial charge >= 0.3 is 0 Å². The van der Waals surface area contributed by atoms with E-state index in [-0.39, 0.29) is 6.04 Å². The van der Waals surface area contributed by atoms with Crippen LogP contribution in [0.1, 0.15) is 6.92 Å². The lowest BCUT2D eigenvalue weighted by Crippen LogP contribution is -2.30. The van der Waals surface area contributed by atoms with Crippen LogP contribution in [0.3, 0.4) is 0 Å². The molecule has 108 valence electrons. The lowest BCUT2D eigenvalue weighted by Gasteiger charge is -2.20. The molecule has 0 bridgehead atoms. The SMILES string of the molecule is CC(CN(C)C)Nc1nc(-n2cccn2)nc(N)c1Br. The van der Waals surface area contributed by atoms with Crippen molar-refractivity contribution in [3.8, 4) is 5.95 Å². The average Bonchev–Trinajstić information content (AvgIpc) is 2.87. The van der Waals surface area contributed by atoms with Crippen LogP contribution in [-0.2, 0) is 0 Å². The first-order chi connectivity index (χ1) is 9.47. The molecule has 0 saturated carbocycles. The van der Waals surface area contributed by atoms with Crippen molar-refractivity contribution in [2.24, 2.45) is 0 Å². The maximum atomic E-state index is 5.92. The summed E-state index contributed by atoms with van der Waals surface area (Å²) in [6, 6.07) is 2.03. The van der Waals surface area contributed by atoms with Gasteiger partial charge in [0.1, 0.15) is 16.1 Å². The topological polar surface area (TPSA) is 84.9 Å². The molecule has 0 aliphatic heterocycles. The first kappa shape index (κ1) is 14.7. The molecule has 0 aliphatic rings. The Kier molecular flexibility index (Phi) is 4.56. The third-order valence-electron chi connectivity index (χ3n) is 2.60. The maximum Gasteiger partial charge on any atom is 0.254 e. The number of anilines is 2. The van der Waals surface area contributed by atoms with Gasteiger partial charge in [0, 0.05) is 25.0 Å². The lowest BCUT2D eigenvalue weighted by atomic mass is 10.3. The summed E-state index contributed by atoms with van der Waals surface area (Å²) < 4.78 is 2.24. The third kappa shape index (κ3) is 3.45. The minimum absolute atomic E-state index is 0.223. The number of nitrogens with zero attached hydrogens (tertiary/aromatic N) is 5. The molecule has 8 heteroatoms. The van der Waals surface area contributed by atoms with Crippen LogP contribution in [0.15, 0.2) is 22.9 Å². The van der Waals surface area contributed by atoms with Crippen molar-refractivity contribution in [3.05, 3.63) is 22.9 Å². The molecule has 2 aromatic heterocycles. The highest BCUT2D eigenvalue weighted by Gasteiger charge is 2.14. The Balaban J connectivity index is 2.28. The van der Waals surface area contributed by atoms with Gasteiger partial charge in [-0.25, -0.2) is 4.68 Å². The number of hydrogen-bond donors (Lipinski definition) is 2. The van der Waals surface area contributed by atoms with Crippen molar-refractivity contribution in [2.45, 2.75) is 13.0 Å². The number of halogens is 1. The molecule has 1 atom stereocenters. The van der Waals surface area contributed by atoms with Crippen LogP contribution in [0, 0.1) is 0 Å². The molecule has 0 fully saturated rings. The number of aromatic nitrogens is 4. The van der Waals surface area contributed by atoms with Crippen LogP contribution in [0.5, 0.6) is 0 Å². The molecular weight excluding hydrogens is 322 g/mol. The van der Waals surface area contributed by atoms with Crippen LogP contribution in [0.25, 0.3) is 5.95 Å². The molecular formula is C12H18BrN7. The summed E-state index contributed by atoms with van der Waals surface area (Å²) in [7, 11) is 4.05. The number of rotatable bonds is 5. The number of likely N-dealkylation sites (N-methyl/N-ethyl adjacent to an activating group) is 1. The van der Waals surface area contributed by atoms with E-state index in [1.54, 1.807) is 17.1 Å². The second-order valence-corrected chi connectivity index (χ2v) is 5.62. The van der Waals surface area contributed by atoms with E-state index in [1.165, 1.54) is 0 Å². The normalized spacial score (nSPS) is 12.7. The molecule has 7 nitrogen and oxygen atoms in total. The first-order valence-corrected chi connectivity index (χ1v) is 7.01. The zero-order valence-corrected chi connectivity index (χ0v) is 13.3. The van der Waals surface area contributed by atoms with Gasteiger partial charge in [-0.15, -0.1) is 0 Å². The molecule has 2 heterocycles. The van der Waals surface area contributed by atoms with Crippen LogP contribution in [0.4, 0.5) is 11.6 Å². The van der Waals surface area contributed by atoms with E-state index in [9.17, 15) is 0 Å². The quantitative estimate of drug-likeness (QED) is 0.855. The fourth-order valence-corrected chi connectivity index (χ4v) is 2.16. The molecule has 0 aliphatic carbocycles. The molecule has 0 spiro atoms. The van der Waals surface area contributed by atoms with Gasteiger partial charge in [-0.05, 0) is 43.0 Å². The number of nitrogens with one attached hydrogen (secondary N) is 1. The predicted molar refractivity (Wildman–Crippen MR) is 82.9 cm³/mol. The molecule has 2 aromatic rings. The number of nitrogens with two attached hydrogens (primary N) is 1. The summed E-state index contributed by atoms with van der Waals surface area (Å²) in [5, 5.41) is 7.43. The van der Waals surface area contributed by atoms with Gasteiger partial charge in [-0.3, -0.25) is 0 Å². The minimum Gasteiger partial charge on any atom is -0.383 e. The second-order valence-electron chi connectivity index (χ2n) is 4.83. The van der Waals surface area contributed by atoms with Crippen molar-refractivity contribution in [2.75, 3.05) is 31.7 Å². The average molecular weight is 340 g/mol. The highest BCUT2D eigenvalue weighted by molar-refractivity contribution is 9.10. The molecule has 0 saturated heterocycles. The van der Waals surface area contributed by atoms with Crippen molar-refractivity contribution in [1.29, 1.82) is 0 Å². The van der Waals surface area contributed by atoms with Gasteiger partial charge in [-0.2, -0.15) is 15.1 Å². The second kappa shape index (κ2) is 6.19. The molecule has 0 aromatic carbocycles. The summed E-state index contributed by atoms with van der Waals surface area (Å²) in [5.74, 6) is 1.48. The summed E-state index contributed by atoms with van der Waals surface area (Å²) >= 11 is 3.42. The van der Waals surface area contributed by atoms with Crippen molar-refractivity contribution in [1.82, 2.24) is 24.6 Å². The standard InChI is InChI=1S/C12H18BrN7/c1-8(7-19(2)3)16-11-9(13)10(14)17-12(18-11)20-6-4-5-15-20/h4-6,8H,7H2,1-3H3,(H3,14,16,17,18). The Hall–Kier alpha value is -1.67. The Bertz CT molecular complexity index is 567. The summed E-state index contributed by atoms with van der Waals surface area (Å²) in [6.07, 6.45) is 3.44. The molecule has 20 heavy (non-hydrogen) atoms. The van der Waals surface area contributed by atoms with E-state index >= 15 is 0 Å². The van der Waals surface area contributed by atoms with Crippen LogP contribution < -0.4 is 11.1 Å². The zero-order valence-electron chi connectivity index (χ0n) is 11.7. The fourth-order valence-electron chi connectivity index (χ4n) is 1.86. The minimum atomic E-state index is 0.223. The lowest BCUT2D eigenvalue weighted by molar-refractivity contribution is 0.392. The van der Waals surface area contributed by atoms with Crippen molar-refractivity contribution >= 4 is 27.6 Å². The Morgan fingerprint density at radius 1 is 1.45 bits per heavy atom. The van der Waals surface area contributed by atoms with E-state index < -0.39 is 0 Å². The highest BCUT2D eigenvalue weighted by Crippen LogP contribution is 2.26. The summed E-state index contributed by atoms with van der Waals surface area (Å²) in [6.45, 7) is 2.96. The van der Waals surface area contributed by atoms with Gasteiger partial charge in [-0.1, -0.05) is 0 Å². The predicted octanol–water partition coefficient (Wildman–Crippen LogP) is 1.37. The van der Waals surface area contributed by atoms with Crippen LogP contribution in [0.2, 0.25) is 0 Å². The molecule has 2 rings (SSSR count). The van der Waals surface area contributed by atoms with E-state index in [2.05, 4.69) is 48.1 Å². The molecule has 3 N–H and O–H groups in total. The third-order valence-corrected chi connectivity index (χ3v) is 3.38. The zero-order chi connectivity index (χ0) is 14.7. The van der Waals surface area contributed by atoms with E-state index in [1.807, 2.05) is 20.2 Å². The summed E-state index contributed by atoms with van der Waals surface area (Å²) in [4.78, 5) is 10.8. The van der Waals surface area contributed by atoms with E-state index in [0.29, 0.717) is 22.1 Å². The monoisotopic (exact) mass is 339 g/mol.